The fourth-order valence-electron chi connectivity index (χ4n) is 2.19. The summed E-state index contributed by atoms with van der Waals surface area (Å²) in [5.41, 5.74) is 1.24. The Morgan fingerprint density at radius 1 is 1.14 bits per heavy atom. The minimum absolute atomic E-state index is 0. The number of aliphatic imine (C=N–C) groups is 1. The van der Waals surface area contributed by atoms with Crippen molar-refractivity contribution >= 4 is 29.9 Å². The first-order chi connectivity index (χ1) is 12.9. The van der Waals surface area contributed by atoms with Gasteiger partial charge in [-0.3, -0.25) is 0 Å². The second kappa shape index (κ2) is 11.6. The van der Waals surface area contributed by atoms with Crippen LogP contribution in [0.3, 0.4) is 0 Å². The van der Waals surface area contributed by atoms with Gasteiger partial charge in [-0.25, -0.2) is 9.98 Å². The molecule has 6 nitrogen and oxygen atoms in total. The van der Waals surface area contributed by atoms with E-state index in [1.165, 1.54) is 19.2 Å². The lowest BCUT2D eigenvalue weighted by molar-refractivity contribution is -0.274. The van der Waals surface area contributed by atoms with Gasteiger partial charge in [0.05, 0.1) is 13.7 Å². The standard InChI is InChI=1S/C18H21F3N4O2.HI/c1-3-22-17(24-11-13-8-9-16(26-2)23-10-13)25-12-14-6-4-5-7-15(14)27-18(19,20)21;/h4-10H,3,11-12H2,1-2H3,(H2,22,24,25);1H. The van der Waals surface area contributed by atoms with E-state index in [2.05, 4.69) is 25.3 Å². The SMILES string of the molecule is CCNC(=NCc1ccc(OC)nc1)NCc1ccccc1OC(F)(F)F.I. The Morgan fingerprint density at radius 2 is 1.89 bits per heavy atom. The van der Waals surface area contributed by atoms with Crippen LogP contribution in [0.1, 0.15) is 18.1 Å². The van der Waals surface area contributed by atoms with E-state index >= 15 is 0 Å². The molecule has 0 saturated carbocycles. The van der Waals surface area contributed by atoms with E-state index < -0.39 is 6.36 Å². The van der Waals surface area contributed by atoms with Gasteiger partial charge in [-0.1, -0.05) is 24.3 Å². The molecule has 1 aromatic heterocycles. The highest BCUT2D eigenvalue weighted by atomic mass is 127. The maximum atomic E-state index is 12.5. The zero-order valence-corrected chi connectivity index (χ0v) is 17.7. The maximum absolute atomic E-state index is 12.5. The van der Waals surface area contributed by atoms with Crippen LogP contribution in [0, 0.1) is 0 Å². The fourth-order valence-corrected chi connectivity index (χ4v) is 2.19. The Bertz CT molecular complexity index is 755. The van der Waals surface area contributed by atoms with Crippen molar-refractivity contribution in [1.82, 2.24) is 15.6 Å². The van der Waals surface area contributed by atoms with Crippen LogP contribution in [-0.2, 0) is 13.1 Å². The molecule has 0 unspecified atom stereocenters. The second-order valence-corrected chi connectivity index (χ2v) is 5.41. The van der Waals surface area contributed by atoms with Crippen molar-refractivity contribution in [1.29, 1.82) is 0 Å². The smallest absolute Gasteiger partial charge is 0.481 e. The van der Waals surface area contributed by atoms with Crippen LogP contribution >= 0.6 is 24.0 Å². The van der Waals surface area contributed by atoms with Crippen molar-refractivity contribution in [2.45, 2.75) is 26.4 Å². The van der Waals surface area contributed by atoms with Crippen LogP contribution in [-0.4, -0.2) is 31.0 Å². The number of benzene rings is 1. The molecule has 0 radical (unpaired) electrons. The van der Waals surface area contributed by atoms with Crippen molar-refractivity contribution in [3.63, 3.8) is 0 Å². The van der Waals surface area contributed by atoms with Crippen LogP contribution in [0.2, 0.25) is 0 Å². The van der Waals surface area contributed by atoms with E-state index in [1.807, 2.05) is 13.0 Å². The molecule has 0 fully saturated rings. The summed E-state index contributed by atoms with van der Waals surface area (Å²) in [5.74, 6) is 0.733. The third-order valence-electron chi connectivity index (χ3n) is 3.42. The normalized spacial score (nSPS) is 11.4. The number of nitrogens with zero attached hydrogens (tertiary/aromatic N) is 2. The number of guanidine groups is 1. The summed E-state index contributed by atoms with van der Waals surface area (Å²) in [4.78, 5) is 8.51. The fraction of sp³-hybridized carbons (Fsp3) is 0.333. The summed E-state index contributed by atoms with van der Waals surface area (Å²) in [7, 11) is 1.54. The first kappa shape index (κ1) is 23.8. The number of hydrogen-bond acceptors (Lipinski definition) is 4. The lowest BCUT2D eigenvalue weighted by atomic mass is 10.2. The number of aromatic nitrogens is 1. The van der Waals surface area contributed by atoms with E-state index in [9.17, 15) is 13.2 Å². The highest BCUT2D eigenvalue weighted by molar-refractivity contribution is 14.0. The molecule has 2 N–H and O–H groups in total. The predicted octanol–water partition coefficient (Wildman–Crippen LogP) is 3.86. The van der Waals surface area contributed by atoms with Gasteiger partial charge in [0.25, 0.3) is 0 Å². The average molecular weight is 510 g/mol. The molecule has 1 aromatic carbocycles. The van der Waals surface area contributed by atoms with Crippen molar-refractivity contribution in [2.75, 3.05) is 13.7 Å². The van der Waals surface area contributed by atoms with Crippen LogP contribution in [0.25, 0.3) is 0 Å². The highest BCUT2D eigenvalue weighted by Crippen LogP contribution is 2.26. The lowest BCUT2D eigenvalue weighted by Gasteiger charge is -2.15. The highest BCUT2D eigenvalue weighted by Gasteiger charge is 2.31. The van der Waals surface area contributed by atoms with Crippen LogP contribution in [0.15, 0.2) is 47.6 Å². The monoisotopic (exact) mass is 510 g/mol. The molecule has 1 heterocycles. The molecule has 0 amide bonds. The quantitative estimate of drug-likeness (QED) is 0.337. The summed E-state index contributed by atoms with van der Waals surface area (Å²) >= 11 is 0. The summed E-state index contributed by atoms with van der Waals surface area (Å²) in [6.45, 7) is 2.98. The first-order valence-electron chi connectivity index (χ1n) is 8.26. The number of pyridine rings is 1. The van der Waals surface area contributed by atoms with E-state index in [0.29, 0.717) is 30.5 Å². The van der Waals surface area contributed by atoms with E-state index in [0.717, 1.165) is 5.56 Å². The molecule has 0 bridgehead atoms. The number of rotatable bonds is 7. The van der Waals surface area contributed by atoms with E-state index in [4.69, 9.17) is 4.74 Å². The Morgan fingerprint density at radius 3 is 2.50 bits per heavy atom. The predicted molar refractivity (Wildman–Crippen MR) is 111 cm³/mol. The van der Waals surface area contributed by atoms with Crippen LogP contribution in [0.4, 0.5) is 13.2 Å². The van der Waals surface area contributed by atoms with Crippen LogP contribution < -0.4 is 20.1 Å². The number of halogens is 4. The number of ether oxygens (including phenoxy) is 2. The second-order valence-electron chi connectivity index (χ2n) is 5.41. The lowest BCUT2D eigenvalue weighted by Crippen LogP contribution is -2.37. The minimum atomic E-state index is -4.74. The number of methoxy groups -OCH3 is 1. The van der Waals surface area contributed by atoms with Gasteiger partial charge < -0.3 is 20.1 Å². The Labute approximate surface area is 178 Å². The zero-order chi connectivity index (χ0) is 19.7. The van der Waals surface area contributed by atoms with Gasteiger partial charge in [-0.15, -0.1) is 37.1 Å². The van der Waals surface area contributed by atoms with Gasteiger partial charge in [-0.2, -0.15) is 0 Å². The largest absolute Gasteiger partial charge is 0.573 e. The molecule has 0 aliphatic rings. The molecule has 0 aliphatic heterocycles. The summed E-state index contributed by atoms with van der Waals surface area (Å²) in [6, 6.07) is 9.54. The number of nitrogens with one attached hydrogen (secondary N) is 2. The molecular formula is C18H22F3IN4O2. The number of alkyl halides is 3. The Kier molecular flexibility index (Phi) is 9.83. The molecular weight excluding hydrogens is 488 g/mol. The molecule has 154 valence electrons. The van der Waals surface area contributed by atoms with Crippen molar-refractivity contribution in [2.24, 2.45) is 4.99 Å². The first-order valence-corrected chi connectivity index (χ1v) is 8.26. The van der Waals surface area contributed by atoms with E-state index in [1.54, 1.807) is 24.4 Å². The van der Waals surface area contributed by atoms with E-state index in [-0.39, 0.29) is 36.3 Å². The Balaban J connectivity index is 0.00000392. The van der Waals surface area contributed by atoms with Gasteiger partial charge >= 0.3 is 6.36 Å². The third kappa shape index (κ3) is 8.19. The van der Waals surface area contributed by atoms with Gasteiger partial charge in [-0.05, 0) is 18.6 Å². The number of para-hydroxylation sites is 1. The molecule has 10 heteroatoms. The maximum Gasteiger partial charge on any atom is 0.573 e. The molecule has 28 heavy (non-hydrogen) atoms. The van der Waals surface area contributed by atoms with Gasteiger partial charge in [0, 0.05) is 30.9 Å². The van der Waals surface area contributed by atoms with Gasteiger partial charge in [0.1, 0.15) is 5.75 Å². The topological polar surface area (TPSA) is 67.8 Å². The summed E-state index contributed by atoms with van der Waals surface area (Å²) in [6.07, 6.45) is -3.09. The molecule has 0 atom stereocenters. The average Bonchev–Trinajstić information content (AvgIpc) is 2.64. The molecule has 2 rings (SSSR count). The minimum Gasteiger partial charge on any atom is -0.481 e. The van der Waals surface area contributed by atoms with Gasteiger partial charge in [0.15, 0.2) is 5.96 Å². The summed E-state index contributed by atoms with van der Waals surface area (Å²) < 4.78 is 46.6. The molecule has 0 saturated heterocycles. The molecule has 0 aliphatic carbocycles. The molecule has 2 aromatic rings. The van der Waals surface area contributed by atoms with Crippen LogP contribution in [0.5, 0.6) is 11.6 Å². The van der Waals surface area contributed by atoms with Gasteiger partial charge in [0.2, 0.25) is 5.88 Å². The van der Waals surface area contributed by atoms with Crippen molar-refractivity contribution in [3.8, 4) is 11.6 Å². The Hall–Kier alpha value is -2.24. The molecule has 0 spiro atoms. The zero-order valence-electron chi connectivity index (χ0n) is 15.4. The van der Waals surface area contributed by atoms with Crippen molar-refractivity contribution in [3.05, 3.63) is 53.7 Å². The van der Waals surface area contributed by atoms with Crippen molar-refractivity contribution < 1.29 is 22.6 Å². The summed E-state index contributed by atoms with van der Waals surface area (Å²) in [5, 5.41) is 6.05. The number of hydrogen-bond donors (Lipinski definition) is 2. The third-order valence-corrected chi connectivity index (χ3v) is 3.42.